The van der Waals surface area contributed by atoms with Gasteiger partial charge in [-0.3, -0.25) is 0 Å². The van der Waals surface area contributed by atoms with Crippen LogP contribution >= 0.6 is 15.9 Å². The molecule has 1 heterocycles. The molecule has 2 aromatic carbocycles. The number of oxazole rings is 1. The summed E-state index contributed by atoms with van der Waals surface area (Å²) in [6, 6.07) is 13.8. The Morgan fingerprint density at radius 1 is 1.20 bits per heavy atom. The van der Waals surface area contributed by atoms with Gasteiger partial charge in [0.2, 0.25) is 0 Å². The average molecular weight is 331 g/mol. The molecule has 102 valence electrons. The van der Waals surface area contributed by atoms with Gasteiger partial charge in [0, 0.05) is 12.1 Å². The van der Waals surface area contributed by atoms with Gasteiger partial charge in [0.05, 0.1) is 4.47 Å². The summed E-state index contributed by atoms with van der Waals surface area (Å²) in [4.78, 5) is 4.54. The number of rotatable bonds is 3. The topological polar surface area (TPSA) is 52.0 Å². The molecule has 3 nitrogen and oxygen atoms in total. The van der Waals surface area contributed by atoms with E-state index in [4.69, 9.17) is 10.2 Å². The molecule has 0 saturated heterocycles. The van der Waals surface area contributed by atoms with Crippen molar-refractivity contribution in [3.8, 4) is 0 Å². The van der Waals surface area contributed by atoms with Crippen LogP contribution in [0.1, 0.15) is 24.3 Å². The van der Waals surface area contributed by atoms with Gasteiger partial charge >= 0.3 is 0 Å². The molecule has 1 unspecified atom stereocenters. The van der Waals surface area contributed by atoms with Gasteiger partial charge in [0.25, 0.3) is 0 Å². The fourth-order valence-corrected chi connectivity index (χ4v) is 2.69. The van der Waals surface area contributed by atoms with Crippen molar-refractivity contribution < 1.29 is 4.42 Å². The van der Waals surface area contributed by atoms with Crippen molar-refractivity contribution in [3.05, 3.63) is 58.4 Å². The standard InChI is InChI=1S/C16H15BrN2O/c1-10(11-5-7-12(18)8-6-11)9-15-19-14-4-2-3-13(17)16(14)20-15/h2-8,10H,9,18H2,1H3. The van der Waals surface area contributed by atoms with Crippen LogP contribution in [-0.2, 0) is 6.42 Å². The second-order valence-electron chi connectivity index (χ2n) is 4.97. The van der Waals surface area contributed by atoms with E-state index in [9.17, 15) is 0 Å². The third kappa shape index (κ3) is 2.56. The van der Waals surface area contributed by atoms with Crippen LogP contribution < -0.4 is 5.73 Å². The molecule has 0 aliphatic heterocycles. The van der Waals surface area contributed by atoms with Gasteiger partial charge in [-0.25, -0.2) is 4.98 Å². The molecule has 0 aliphatic carbocycles. The van der Waals surface area contributed by atoms with Crippen LogP contribution in [0.4, 0.5) is 5.69 Å². The molecule has 0 aliphatic rings. The normalized spacial score (nSPS) is 12.7. The van der Waals surface area contributed by atoms with E-state index in [1.165, 1.54) is 5.56 Å². The van der Waals surface area contributed by atoms with E-state index in [0.717, 1.165) is 33.6 Å². The molecule has 0 spiro atoms. The van der Waals surface area contributed by atoms with Crippen molar-refractivity contribution in [1.29, 1.82) is 0 Å². The molecule has 20 heavy (non-hydrogen) atoms. The minimum atomic E-state index is 0.336. The molecular weight excluding hydrogens is 316 g/mol. The first kappa shape index (κ1) is 13.2. The van der Waals surface area contributed by atoms with Crippen LogP contribution in [0.15, 0.2) is 51.4 Å². The largest absolute Gasteiger partial charge is 0.439 e. The SMILES string of the molecule is CC(Cc1nc2cccc(Br)c2o1)c1ccc(N)cc1. The number of fused-ring (bicyclic) bond motifs is 1. The summed E-state index contributed by atoms with van der Waals surface area (Å²) in [7, 11) is 0. The summed E-state index contributed by atoms with van der Waals surface area (Å²) in [5, 5.41) is 0. The third-order valence-corrected chi connectivity index (χ3v) is 4.02. The van der Waals surface area contributed by atoms with E-state index in [2.05, 4.69) is 40.0 Å². The van der Waals surface area contributed by atoms with Crippen molar-refractivity contribution in [2.24, 2.45) is 0 Å². The molecule has 0 radical (unpaired) electrons. The molecule has 0 saturated carbocycles. The van der Waals surface area contributed by atoms with Gasteiger partial charge in [-0.05, 0) is 51.7 Å². The van der Waals surface area contributed by atoms with E-state index >= 15 is 0 Å². The number of benzene rings is 2. The van der Waals surface area contributed by atoms with Gasteiger partial charge in [0.15, 0.2) is 11.5 Å². The van der Waals surface area contributed by atoms with Gasteiger partial charge in [-0.1, -0.05) is 25.1 Å². The summed E-state index contributed by atoms with van der Waals surface area (Å²) in [6.45, 7) is 2.16. The molecule has 1 aromatic heterocycles. The van der Waals surface area contributed by atoms with Crippen molar-refractivity contribution in [2.45, 2.75) is 19.3 Å². The first-order valence-electron chi connectivity index (χ1n) is 6.53. The van der Waals surface area contributed by atoms with E-state index in [1.54, 1.807) is 0 Å². The number of hydrogen-bond acceptors (Lipinski definition) is 3. The van der Waals surface area contributed by atoms with Gasteiger partial charge in [0.1, 0.15) is 5.52 Å². The summed E-state index contributed by atoms with van der Waals surface area (Å²) < 4.78 is 6.77. The highest BCUT2D eigenvalue weighted by atomic mass is 79.9. The lowest BCUT2D eigenvalue weighted by Crippen LogP contribution is -1.99. The number of anilines is 1. The Balaban J connectivity index is 1.85. The van der Waals surface area contributed by atoms with Crippen LogP contribution in [0.25, 0.3) is 11.1 Å². The molecule has 3 aromatic rings. The Bertz CT molecular complexity index is 734. The van der Waals surface area contributed by atoms with Gasteiger partial charge in [-0.15, -0.1) is 0 Å². The Hall–Kier alpha value is -1.81. The predicted molar refractivity (Wildman–Crippen MR) is 84.7 cm³/mol. The van der Waals surface area contributed by atoms with Crippen molar-refractivity contribution in [2.75, 3.05) is 5.73 Å². The lowest BCUT2D eigenvalue weighted by atomic mass is 9.98. The number of nitrogens with two attached hydrogens (primary N) is 1. The number of aromatic nitrogens is 1. The fraction of sp³-hybridized carbons (Fsp3) is 0.188. The fourth-order valence-electron chi connectivity index (χ4n) is 2.25. The summed E-state index contributed by atoms with van der Waals surface area (Å²) in [5.74, 6) is 1.10. The van der Waals surface area contributed by atoms with Gasteiger partial charge in [-0.2, -0.15) is 0 Å². The maximum absolute atomic E-state index is 5.83. The molecule has 2 N–H and O–H groups in total. The van der Waals surface area contributed by atoms with Crippen LogP contribution in [-0.4, -0.2) is 4.98 Å². The van der Waals surface area contributed by atoms with E-state index in [0.29, 0.717) is 5.92 Å². The van der Waals surface area contributed by atoms with Crippen LogP contribution in [0.5, 0.6) is 0 Å². The van der Waals surface area contributed by atoms with E-state index in [1.807, 2.05) is 30.3 Å². The smallest absolute Gasteiger partial charge is 0.196 e. The molecule has 4 heteroatoms. The number of halogens is 1. The number of para-hydroxylation sites is 1. The first-order chi connectivity index (χ1) is 9.63. The minimum Gasteiger partial charge on any atom is -0.439 e. The summed E-state index contributed by atoms with van der Waals surface area (Å²) in [6.07, 6.45) is 0.769. The Morgan fingerprint density at radius 3 is 2.65 bits per heavy atom. The predicted octanol–water partition coefficient (Wildman–Crippen LogP) is 4.52. The second kappa shape index (κ2) is 5.29. The monoisotopic (exact) mass is 330 g/mol. The number of hydrogen-bond donors (Lipinski definition) is 1. The van der Waals surface area contributed by atoms with E-state index < -0.39 is 0 Å². The lowest BCUT2D eigenvalue weighted by Gasteiger charge is -2.09. The van der Waals surface area contributed by atoms with E-state index in [-0.39, 0.29) is 0 Å². The molecule has 1 atom stereocenters. The summed E-state index contributed by atoms with van der Waals surface area (Å²) in [5.41, 5.74) is 9.43. The average Bonchev–Trinajstić information content (AvgIpc) is 2.83. The minimum absolute atomic E-state index is 0.336. The Kier molecular flexibility index (Phi) is 3.49. The Labute approximate surface area is 125 Å². The van der Waals surface area contributed by atoms with Crippen molar-refractivity contribution in [3.63, 3.8) is 0 Å². The highest BCUT2D eigenvalue weighted by Crippen LogP contribution is 2.27. The maximum atomic E-state index is 5.83. The molecular formula is C16H15BrN2O. The quantitative estimate of drug-likeness (QED) is 0.718. The molecule has 0 amide bonds. The zero-order chi connectivity index (χ0) is 14.1. The number of nitrogen functional groups attached to an aromatic ring is 1. The Morgan fingerprint density at radius 2 is 1.95 bits per heavy atom. The van der Waals surface area contributed by atoms with Crippen molar-refractivity contribution >= 4 is 32.7 Å². The lowest BCUT2D eigenvalue weighted by molar-refractivity contribution is 0.507. The highest BCUT2D eigenvalue weighted by molar-refractivity contribution is 9.10. The zero-order valence-corrected chi connectivity index (χ0v) is 12.7. The van der Waals surface area contributed by atoms with Gasteiger partial charge < -0.3 is 10.2 Å². The number of nitrogens with zero attached hydrogens (tertiary/aromatic N) is 1. The molecule has 0 fully saturated rings. The summed E-state index contributed by atoms with van der Waals surface area (Å²) >= 11 is 3.48. The van der Waals surface area contributed by atoms with Crippen LogP contribution in [0.3, 0.4) is 0 Å². The molecule has 3 rings (SSSR count). The molecule has 0 bridgehead atoms. The first-order valence-corrected chi connectivity index (χ1v) is 7.32. The highest BCUT2D eigenvalue weighted by Gasteiger charge is 2.13. The third-order valence-electron chi connectivity index (χ3n) is 3.40. The van der Waals surface area contributed by atoms with Crippen LogP contribution in [0.2, 0.25) is 0 Å². The van der Waals surface area contributed by atoms with Crippen LogP contribution in [0, 0.1) is 0 Å². The second-order valence-corrected chi connectivity index (χ2v) is 5.82. The van der Waals surface area contributed by atoms with Crippen molar-refractivity contribution in [1.82, 2.24) is 4.98 Å². The zero-order valence-electron chi connectivity index (χ0n) is 11.1. The maximum Gasteiger partial charge on any atom is 0.196 e.